The molecule has 57 heavy (non-hydrogen) atoms. The Labute approximate surface area is 355 Å². The Morgan fingerprint density at radius 2 is 1.49 bits per heavy atom. The second kappa shape index (κ2) is 14.4. The summed E-state index contributed by atoms with van der Waals surface area (Å²) >= 11 is 1.85. The third kappa shape index (κ3) is 7.29. The third-order valence-electron chi connectivity index (χ3n) is 11.2. The topological polar surface area (TPSA) is 52.3 Å². The molecule has 0 saturated carbocycles. The van der Waals surface area contributed by atoms with Gasteiger partial charge >= 0.3 is 21.1 Å². The van der Waals surface area contributed by atoms with Crippen LogP contribution in [0.4, 0.5) is 0 Å². The molecule has 0 spiro atoms. The van der Waals surface area contributed by atoms with Gasteiger partial charge in [-0.15, -0.1) is 40.9 Å². The van der Waals surface area contributed by atoms with Crippen LogP contribution >= 0.6 is 11.8 Å². The van der Waals surface area contributed by atoms with Crippen molar-refractivity contribution in [2.75, 3.05) is 0 Å². The molecule has 7 aromatic rings. The second-order valence-corrected chi connectivity index (χ2v) is 19.5. The maximum absolute atomic E-state index is 6.76. The van der Waals surface area contributed by atoms with E-state index in [-0.39, 0.29) is 43.4 Å². The average molecular weight is 948 g/mol. The zero-order valence-corrected chi connectivity index (χ0v) is 37.2. The van der Waals surface area contributed by atoms with Crippen LogP contribution in [-0.4, -0.2) is 25.6 Å². The van der Waals surface area contributed by atoms with E-state index in [1.165, 1.54) is 33.2 Å². The fraction of sp³-hybridized carbons (Fsp3) is 0.300. The number of hydrogen-bond donors (Lipinski definition) is 0. The molecule has 0 saturated heterocycles. The Hall–Kier alpha value is -4.51. The number of ether oxygens (including phenoxy) is 1. The van der Waals surface area contributed by atoms with E-state index in [0.717, 1.165) is 50.5 Å². The smallest absolute Gasteiger partial charge is 0.503 e. The Morgan fingerprint density at radius 3 is 2.23 bits per heavy atom. The van der Waals surface area contributed by atoms with E-state index < -0.39 is 0 Å². The molecule has 1 aliphatic carbocycles. The normalized spacial score (nSPS) is 16.7. The van der Waals surface area contributed by atoms with Crippen molar-refractivity contribution in [3.63, 3.8) is 0 Å². The quantitative estimate of drug-likeness (QED) is 0.161. The van der Waals surface area contributed by atoms with Crippen LogP contribution in [0.15, 0.2) is 108 Å². The summed E-state index contributed by atoms with van der Waals surface area (Å²) in [6, 6.07) is 39.8. The van der Waals surface area contributed by atoms with Crippen molar-refractivity contribution in [1.82, 2.24) is 14.5 Å². The minimum absolute atomic E-state index is 0. The SMILES string of the molecule is CC(C)(C)c1ccnc(-n2c3[c-]c(Oc4[c-]c(C5=N[C@@H]6Cc7c(cccc7C(C)(C)C)[C@@H]6S5)cc(-c5ccccn5)c4)ccc3c3cc(C(C)(C)C)ccc32)c1.[Pt+2]. The molecule has 7 heteroatoms. The Bertz CT molecular complexity index is 2690. The zero-order chi connectivity index (χ0) is 39.1. The number of pyridine rings is 2. The van der Waals surface area contributed by atoms with Crippen molar-refractivity contribution in [3.05, 3.63) is 149 Å². The molecular formula is C50H48N4OPtS. The summed E-state index contributed by atoms with van der Waals surface area (Å²) in [4.78, 5) is 15.0. The first-order valence-electron chi connectivity index (χ1n) is 19.6. The maximum atomic E-state index is 6.76. The summed E-state index contributed by atoms with van der Waals surface area (Å²) in [5.74, 6) is 2.06. The molecule has 3 aromatic heterocycles. The van der Waals surface area contributed by atoms with Gasteiger partial charge in [0.05, 0.1) is 11.7 Å². The average Bonchev–Trinajstić information content (AvgIpc) is 3.83. The van der Waals surface area contributed by atoms with Gasteiger partial charge in [0.2, 0.25) is 0 Å². The number of hydrogen-bond acceptors (Lipinski definition) is 5. The number of rotatable bonds is 5. The Kier molecular flexibility index (Phi) is 9.93. The van der Waals surface area contributed by atoms with E-state index >= 15 is 0 Å². The van der Waals surface area contributed by atoms with Crippen LogP contribution in [0.25, 0.3) is 38.9 Å². The van der Waals surface area contributed by atoms with Crippen molar-refractivity contribution in [1.29, 1.82) is 0 Å². The Balaban J connectivity index is 0.00000455. The molecule has 9 rings (SSSR count). The van der Waals surface area contributed by atoms with E-state index in [2.05, 4.69) is 140 Å². The fourth-order valence-corrected chi connectivity index (χ4v) is 9.56. The van der Waals surface area contributed by atoms with Crippen LogP contribution in [0.3, 0.4) is 0 Å². The number of aliphatic imine (C=N–C) groups is 1. The molecule has 0 N–H and O–H groups in total. The summed E-state index contributed by atoms with van der Waals surface area (Å²) in [5.41, 5.74) is 11.6. The number of fused-ring (bicyclic) bond motifs is 6. The molecule has 2 atom stereocenters. The summed E-state index contributed by atoms with van der Waals surface area (Å²) in [7, 11) is 0. The summed E-state index contributed by atoms with van der Waals surface area (Å²) < 4.78 is 8.98. The number of benzene rings is 4. The van der Waals surface area contributed by atoms with Crippen molar-refractivity contribution in [2.24, 2.45) is 4.99 Å². The first kappa shape index (κ1) is 39.3. The molecule has 290 valence electrons. The first-order valence-corrected chi connectivity index (χ1v) is 20.5. The molecule has 0 bridgehead atoms. The minimum Gasteiger partial charge on any atom is -0.503 e. The van der Waals surface area contributed by atoms with Gasteiger partial charge in [-0.2, -0.15) is 6.07 Å². The first-order chi connectivity index (χ1) is 26.6. The van der Waals surface area contributed by atoms with Crippen molar-refractivity contribution in [2.45, 2.75) is 96.3 Å². The zero-order valence-electron chi connectivity index (χ0n) is 34.1. The molecule has 4 aromatic carbocycles. The molecule has 5 nitrogen and oxygen atoms in total. The van der Waals surface area contributed by atoms with Gasteiger partial charge in [0.1, 0.15) is 5.82 Å². The van der Waals surface area contributed by atoms with E-state index in [1.807, 2.05) is 54.5 Å². The number of nitrogens with zero attached hydrogens (tertiary/aromatic N) is 4. The van der Waals surface area contributed by atoms with Gasteiger partial charge in [0, 0.05) is 39.7 Å². The molecule has 1 aliphatic heterocycles. The molecule has 0 unspecified atom stereocenters. The van der Waals surface area contributed by atoms with Gasteiger partial charge in [-0.05, 0) is 86.2 Å². The van der Waals surface area contributed by atoms with Crippen LogP contribution in [0.5, 0.6) is 11.5 Å². The van der Waals surface area contributed by atoms with Gasteiger partial charge < -0.3 is 14.3 Å². The van der Waals surface area contributed by atoms with Crippen LogP contribution in [0.1, 0.15) is 101 Å². The third-order valence-corrected chi connectivity index (χ3v) is 12.6. The predicted octanol–water partition coefficient (Wildman–Crippen LogP) is 12.7. The van der Waals surface area contributed by atoms with Crippen LogP contribution in [0.2, 0.25) is 0 Å². The van der Waals surface area contributed by atoms with Crippen molar-refractivity contribution in [3.8, 4) is 28.6 Å². The Morgan fingerprint density at radius 1 is 0.702 bits per heavy atom. The molecule has 0 amide bonds. The van der Waals surface area contributed by atoms with Gasteiger partial charge in [-0.1, -0.05) is 122 Å². The largest absolute Gasteiger partial charge is 2.00 e. The molecule has 0 radical (unpaired) electrons. The molecule has 0 fully saturated rings. The van der Waals surface area contributed by atoms with Crippen LogP contribution in [0, 0.1) is 12.1 Å². The van der Waals surface area contributed by atoms with Crippen LogP contribution < -0.4 is 4.74 Å². The van der Waals surface area contributed by atoms with Gasteiger partial charge in [-0.25, -0.2) is 4.98 Å². The van der Waals surface area contributed by atoms with E-state index in [0.29, 0.717) is 16.7 Å². The summed E-state index contributed by atoms with van der Waals surface area (Å²) in [5, 5.41) is 3.56. The molecular weight excluding hydrogens is 900 g/mol. The van der Waals surface area contributed by atoms with Gasteiger partial charge in [0.15, 0.2) is 0 Å². The van der Waals surface area contributed by atoms with Gasteiger partial charge in [0.25, 0.3) is 0 Å². The minimum atomic E-state index is -0.0285. The monoisotopic (exact) mass is 947 g/mol. The summed E-state index contributed by atoms with van der Waals surface area (Å²) in [6.07, 6.45) is 4.70. The van der Waals surface area contributed by atoms with Crippen LogP contribution in [-0.2, 0) is 43.7 Å². The predicted molar refractivity (Wildman–Crippen MR) is 233 cm³/mol. The summed E-state index contributed by atoms with van der Waals surface area (Å²) in [6.45, 7) is 20.4. The number of aromatic nitrogens is 3. The standard InChI is InChI=1S/C50H48N4OS.Pt/c1-48(2,3)32-16-19-43-39(26-32)36-18-17-34(28-44(36)54(43)45-27-33(20-22-52-45)49(4,5)6)55-35-24-30(41-15-10-11-21-51-41)23-31(25-35)47-53-42-29-38-37(46(42)56-47)13-12-14-40(38)50(7,8)9;/h10-24,26-27,42,46H,29H2,1-9H3;/q-2;+2/t42-,46+;/m1./s1. The molecule has 4 heterocycles. The second-order valence-electron chi connectivity index (χ2n) is 18.4. The van der Waals surface area contributed by atoms with E-state index in [9.17, 15) is 0 Å². The molecule has 2 aliphatic rings. The van der Waals surface area contributed by atoms with E-state index in [4.69, 9.17) is 19.7 Å². The van der Waals surface area contributed by atoms with Crippen molar-refractivity contribution < 1.29 is 25.8 Å². The van der Waals surface area contributed by atoms with Crippen molar-refractivity contribution >= 4 is 38.6 Å². The van der Waals surface area contributed by atoms with Gasteiger partial charge in [-0.3, -0.25) is 4.98 Å². The fourth-order valence-electron chi connectivity index (χ4n) is 8.22. The maximum Gasteiger partial charge on any atom is 2.00 e. The van der Waals surface area contributed by atoms with E-state index in [1.54, 1.807) is 0 Å². The number of thioether (sulfide) groups is 1.